The fraction of sp³-hybridized carbons (Fsp3) is 0.625. The maximum atomic E-state index is 12.6. The molecule has 5 nitrogen and oxygen atoms in total. The van der Waals surface area contributed by atoms with Crippen molar-refractivity contribution in [2.24, 2.45) is 23.2 Å². The highest BCUT2D eigenvalue weighted by Crippen LogP contribution is 2.53. The maximum absolute atomic E-state index is 12.6. The summed E-state index contributed by atoms with van der Waals surface area (Å²) in [6, 6.07) is 5.90. The Labute approximate surface area is 173 Å². The molecule has 1 saturated carbocycles. The summed E-state index contributed by atoms with van der Waals surface area (Å²) in [5.74, 6) is 2.10. The van der Waals surface area contributed by atoms with E-state index in [0.29, 0.717) is 19.0 Å². The molecule has 2 aliphatic carbocycles. The topological polar surface area (TPSA) is 56.8 Å². The highest BCUT2D eigenvalue weighted by atomic mass is 16.6. The molecule has 0 amide bonds. The molecular formula is C24H33NO4. The zero-order chi connectivity index (χ0) is 20.6. The van der Waals surface area contributed by atoms with Crippen LogP contribution in [0.5, 0.6) is 11.5 Å². The van der Waals surface area contributed by atoms with Gasteiger partial charge >= 0.3 is 5.97 Å². The number of ether oxygens (including phenoxy) is 3. The van der Waals surface area contributed by atoms with Crippen molar-refractivity contribution in [1.29, 1.82) is 0 Å². The van der Waals surface area contributed by atoms with Crippen molar-refractivity contribution in [2.75, 3.05) is 20.8 Å². The van der Waals surface area contributed by atoms with Crippen LogP contribution in [-0.4, -0.2) is 32.8 Å². The summed E-state index contributed by atoms with van der Waals surface area (Å²) >= 11 is 0. The van der Waals surface area contributed by atoms with Crippen LogP contribution < -0.4 is 14.8 Å². The van der Waals surface area contributed by atoms with Crippen molar-refractivity contribution < 1.29 is 19.0 Å². The molecule has 1 aliphatic heterocycles. The van der Waals surface area contributed by atoms with Crippen LogP contribution in [0.15, 0.2) is 29.8 Å². The molecule has 158 valence electrons. The number of esters is 1. The van der Waals surface area contributed by atoms with Crippen molar-refractivity contribution in [1.82, 2.24) is 5.32 Å². The minimum absolute atomic E-state index is 0.0365. The van der Waals surface area contributed by atoms with Gasteiger partial charge in [-0.2, -0.15) is 0 Å². The second-order valence-corrected chi connectivity index (χ2v) is 9.16. The molecule has 0 aromatic heterocycles. The third kappa shape index (κ3) is 3.77. The summed E-state index contributed by atoms with van der Waals surface area (Å²) in [6.45, 7) is 6.00. The summed E-state index contributed by atoms with van der Waals surface area (Å²) in [6.07, 6.45) is 7.17. The molecule has 3 aliphatic rings. The average Bonchev–Trinajstić information content (AvgIpc) is 3.00. The number of benzene rings is 1. The highest BCUT2D eigenvalue weighted by Gasteiger charge is 2.51. The third-order valence-electron chi connectivity index (χ3n) is 7.22. The number of hydrogen-bond donors (Lipinski definition) is 1. The van der Waals surface area contributed by atoms with E-state index in [4.69, 9.17) is 14.2 Å². The number of nitrogens with one attached hydrogen (secondary N) is 1. The van der Waals surface area contributed by atoms with E-state index in [1.807, 2.05) is 18.2 Å². The van der Waals surface area contributed by atoms with Gasteiger partial charge in [-0.1, -0.05) is 38.0 Å². The first-order valence-electron chi connectivity index (χ1n) is 10.8. The molecule has 2 fully saturated rings. The van der Waals surface area contributed by atoms with E-state index < -0.39 is 0 Å². The van der Waals surface area contributed by atoms with Crippen molar-refractivity contribution in [2.45, 2.75) is 52.2 Å². The van der Waals surface area contributed by atoms with Crippen LogP contribution in [0.1, 0.15) is 45.1 Å². The average molecular weight is 400 g/mol. The van der Waals surface area contributed by atoms with Gasteiger partial charge in [0.25, 0.3) is 0 Å². The predicted molar refractivity (Wildman–Crippen MR) is 112 cm³/mol. The summed E-state index contributed by atoms with van der Waals surface area (Å²) in [5, 5.41) is 3.46. The predicted octanol–water partition coefficient (Wildman–Crippen LogP) is 4.11. The monoisotopic (exact) mass is 399 g/mol. The van der Waals surface area contributed by atoms with Gasteiger partial charge in [-0.05, 0) is 48.3 Å². The number of methoxy groups -OCH3 is 2. The van der Waals surface area contributed by atoms with Crippen LogP contribution >= 0.6 is 0 Å². The molecule has 0 unspecified atom stereocenters. The zero-order valence-electron chi connectivity index (χ0n) is 18.0. The number of fused-ring (bicyclic) bond motifs is 2. The highest BCUT2D eigenvalue weighted by molar-refractivity contribution is 5.76. The van der Waals surface area contributed by atoms with E-state index in [1.165, 1.54) is 19.3 Å². The van der Waals surface area contributed by atoms with Crippen molar-refractivity contribution in [3.63, 3.8) is 0 Å². The summed E-state index contributed by atoms with van der Waals surface area (Å²) in [5.41, 5.74) is 2.87. The Hall–Kier alpha value is -2.01. The van der Waals surface area contributed by atoms with Crippen LogP contribution in [0.4, 0.5) is 0 Å². The molecule has 4 rings (SSSR count). The Bertz CT molecular complexity index is 804. The first kappa shape index (κ1) is 20.3. The largest absolute Gasteiger partial charge is 0.493 e. The maximum Gasteiger partial charge on any atom is 0.311 e. The van der Waals surface area contributed by atoms with E-state index in [9.17, 15) is 4.79 Å². The van der Waals surface area contributed by atoms with E-state index in [1.54, 1.807) is 19.8 Å². The molecule has 1 heterocycles. The van der Waals surface area contributed by atoms with Gasteiger partial charge in [-0.25, -0.2) is 0 Å². The lowest BCUT2D eigenvalue weighted by molar-refractivity contribution is -0.145. The lowest BCUT2D eigenvalue weighted by Gasteiger charge is -2.46. The Morgan fingerprint density at radius 2 is 2.03 bits per heavy atom. The van der Waals surface area contributed by atoms with Gasteiger partial charge in [0.05, 0.1) is 20.1 Å². The third-order valence-corrected chi connectivity index (χ3v) is 7.22. The van der Waals surface area contributed by atoms with Gasteiger partial charge < -0.3 is 19.5 Å². The molecule has 29 heavy (non-hydrogen) atoms. The molecular weight excluding hydrogens is 366 g/mol. The van der Waals surface area contributed by atoms with Crippen LogP contribution in [-0.2, 0) is 16.1 Å². The molecule has 0 radical (unpaired) electrons. The number of allylic oxidation sites excluding steroid dienone is 1. The minimum Gasteiger partial charge on any atom is -0.493 e. The lowest BCUT2D eigenvalue weighted by atomic mass is 9.59. The number of carbonyl (C=O) groups excluding carboxylic acids is 1. The van der Waals surface area contributed by atoms with Crippen LogP contribution in [0.2, 0.25) is 0 Å². The van der Waals surface area contributed by atoms with Crippen molar-refractivity contribution in [3.8, 4) is 11.5 Å². The Morgan fingerprint density at radius 1 is 1.24 bits per heavy atom. The molecule has 0 bridgehead atoms. The molecule has 0 spiro atoms. The fourth-order valence-electron chi connectivity index (χ4n) is 5.64. The van der Waals surface area contributed by atoms with E-state index in [0.717, 1.165) is 23.5 Å². The SMILES string of the molecule is COc1ccc(CNC[C@@H]2C(=O)O[C@@H]3C[C@@]4(C)CCC[C@@H](C)C4=C[C@H]23)cc1OC. The Balaban J connectivity index is 1.44. The van der Waals surface area contributed by atoms with E-state index in [2.05, 4.69) is 25.2 Å². The summed E-state index contributed by atoms with van der Waals surface area (Å²) in [7, 11) is 3.27. The van der Waals surface area contributed by atoms with E-state index in [-0.39, 0.29) is 29.3 Å². The molecule has 1 saturated heterocycles. The quantitative estimate of drug-likeness (QED) is 0.576. The first-order chi connectivity index (χ1) is 13.9. The van der Waals surface area contributed by atoms with Gasteiger partial charge in [0.2, 0.25) is 0 Å². The number of carbonyl (C=O) groups is 1. The smallest absolute Gasteiger partial charge is 0.311 e. The van der Waals surface area contributed by atoms with Crippen LogP contribution in [0.25, 0.3) is 0 Å². The van der Waals surface area contributed by atoms with Gasteiger partial charge in [0.15, 0.2) is 11.5 Å². The van der Waals surface area contributed by atoms with Crippen molar-refractivity contribution >= 4 is 5.97 Å². The number of rotatable bonds is 6. The second kappa shape index (κ2) is 8.02. The van der Waals surface area contributed by atoms with Gasteiger partial charge in [-0.15, -0.1) is 0 Å². The number of hydrogen-bond acceptors (Lipinski definition) is 5. The van der Waals surface area contributed by atoms with Crippen molar-refractivity contribution in [3.05, 3.63) is 35.4 Å². The lowest BCUT2D eigenvalue weighted by Crippen LogP contribution is -2.40. The summed E-state index contributed by atoms with van der Waals surface area (Å²) in [4.78, 5) is 12.6. The fourth-order valence-corrected chi connectivity index (χ4v) is 5.64. The molecule has 1 aromatic carbocycles. The zero-order valence-corrected chi connectivity index (χ0v) is 18.0. The van der Waals surface area contributed by atoms with E-state index >= 15 is 0 Å². The van der Waals surface area contributed by atoms with Crippen LogP contribution in [0.3, 0.4) is 0 Å². The minimum atomic E-state index is -0.105. The standard InChI is InChI=1S/C24H33NO4/c1-15-6-5-9-24(2)12-22-17(11-19(15)24)18(23(26)29-22)14-25-13-16-7-8-20(27-3)21(10-16)28-4/h7-8,10-11,15,17-18,22,25H,5-6,9,12-14H2,1-4H3/t15-,17-,18+,22-,24-/m1/s1. The second-order valence-electron chi connectivity index (χ2n) is 9.16. The first-order valence-corrected chi connectivity index (χ1v) is 10.8. The normalized spacial score (nSPS) is 33.4. The molecule has 1 N–H and O–H groups in total. The molecule has 1 aromatic rings. The molecule has 5 heteroatoms. The van der Waals surface area contributed by atoms with Crippen LogP contribution in [0, 0.1) is 23.2 Å². The Morgan fingerprint density at radius 3 is 2.79 bits per heavy atom. The van der Waals surface area contributed by atoms with Gasteiger partial charge in [0, 0.05) is 19.0 Å². The van der Waals surface area contributed by atoms with Gasteiger partial charge in [0.1, 0.15) is 6.10 Å². The Kier molecular flexibility index (Phi) is 5.60. The van der Waals surface area contributed by atoms with Gasteiger partial charge in [-0.3, -0.25) is 4.79 Å². The summed E-state index contributed by atoms with van der Waals surface area (Å²) < 4.78 is 16.5. The molecule has 5 atom stereocenters.